The van der Waals surface area contributed by atoms with Crippen molar-refractivity contribution in [3.8, 4) is 5.75 Å². The van der Waals surface area contributed by atoms with Crippen LogP contribution in [0.5, 0.6) is 5.75 Å². The van der Waals surface area contributed by atoms with Gasteiger partial charge in [0.15, 0.2) is 5.11 Å². The Balaban J connectivity index is 2.10. The fourth-order valence-corrected chi connectivity index (χ4v) is 2.62. The lowest BCUT2D eigenvalue weighted by molar-refractivity contribution is 0.0975. The van der Waals surface area contributed by atoms with Gasteiger partial charge >= 0.3 is 0 Å². The predicted octanol–water partition coefficient (Wildman–Crippen LogP) is 4.34. The number of hydrogen-bond donors (Lipinski definition) is 2. The molecule has 0 saturated carbocycles. The number of hydrogen-bond acceptors (Lipinski definition) is 3. The monoisotopic (exact) mass is 342 g/mol. The van der Waals surface area contributed by atoms with Crippen molar-refractivity contribution in [2.45, 2.75) is 26.2 Å². The molecule has 2 aromatic rings. The molecule has 0 saturated heterocycles. The van der Waals surface area contributed by atoms with Gasteiger partial charge in [-0.05, 0) is 48.3 Å². The maximum absolute atomic E-state index is 12.4. The van der Waals surface area contributed by atoms with Crippen LogP contribution in [0.4, 0.5) is 5.69 Å². The van der Waals surface area contributed by atoms with Crippen LogP contribution in [0.2, 0.25) is 0 Å². The highest BCUT2D eigenvalue weighted by atomic mass is 32.1. The zero-order valence-corrected chi connectivity index (χ0v) is 14.9. The van der Waals surface area contributed by atoms with Gasteiger partial charge in [0, 0.05) is 5.69 Å². The van der Waals surface area contributed by atoms with Gasteiger partial charge in [-0.15, -0.1) is 0 Å². The molecular weight excluding hydrogens is 320 g/mol. The van der Waals surface area contributed by atoms with Crippen LogP contribution < -0.4 is 15.4 Å². The first-order chi connectivity index (χ1) is 11.6. The molecule has 0 aliphatic heterocycles. The first-order valence-electron chi connectivity index (χ1n) is 7.91. The summed E-state index contributed by atoms with van der Waals surface area (Å²) in [7, 11) is 1.53. The summed E-state index contributed by atoms with van der Waals surface area (Å²) in [6.07, 6.45) is 1.03. The number of carbonyl (C=O) groups is 1. The van der Waals surface area contributed by atoms with Crippen molar-refractivity contribution >= 4 is 28.9 Å². The molecule has 0 heterocycles. The second kappa shape index (κ2) is 8.45. The molecule has 0 spiro atoms. The van der Waals surface area contributed by atoms with Gasteiger partial charge in [-0.2, -0.15) is 0 Å². The van der Waals surface area contributed by atoms with Gasteiger partial charge in [-0.3, -0.25) is 10.1 Å². The van der Waals surface area contributed by atoms with Crippen LogP contribution in [-0.2, 0) is 0 Å². The Morgan fingerprint density at radius 3 is 2.54 bits per heavy atom. The smallest absolute Gasteiger partial charge is 0.261 e. The highest BCUT2D eigenvalue weighted by Gasteiger charge is 2.14. The van der Waals surface area contributed by atoms with Crippen LogP contribution >= 0.6 is 12.2 Å². The predicted molar refractivity (Wildman–Crippen MR) is 102 cm³/mol. The molecule has 0 unspecified atom stereocenters. The van der Waals surface area contributed by atoms with Crippen LogP contribution in [0.25, 0.3) is 0 Å². The molecule has 0 bridgehead atoms. The normalized spacial score (nSPS) is 11.5. The molecule has 4 nitrogen and oxygen atoms in total. The molecule has 126 valence electrons. The van der Waals surface area contributed by atoms with Crippen molar-refractivity contribution in [2.75, 3.05) is 12.4 Å². The van der Waals surface area contributed by atoms with Gasteiger partial charge in [0.25, 0.3) is 5.91 Å². The minimum Gasteiger partial charge on any atom is -0.496 e. The van der Waals surface area contributed by atoms with Crippen molar-refractivity contribution in [3.05, 3.63) is 59.7 Å². The average molecular weight is 342 g/mol. The van der Waals surface area contributed by atoms with Gasteiger partial charge in [0.2, 0.25) is 0 Å². The van der Waals surface area contributed by atoms with E-state index < -0.39 is 0 Å². The number of nitrogens with one attached hydrogen (secondary N) is 2. The van der Waals surface area contributed by atoms with E-state index in [-0.39, 0.29) is 11.0 Å². The fraction of sp³-hybridized carbons (Fsp3) is 0.263. The molecule has 0 aromatic heterocycles. The van der Waals surface area contributed by atoms with E-state index >= 15 is 0 Å². The number of carbonyl (C=O) groups excluding carboxylic acids is 1. The highest BCUT2D eigenvalue weighted by molar-refractivity contribution is 7.80. The topological polar surface area (TPSA) is 50.4 Å². The van der Waals surface area contributed by atoms with E-state index in [1.54, 1.807) is 18.2 Å². The molecular formula is C19H22N2O2S. The van der Waals surface area contributed by atoms with E-state index in [4.69, 9.17) is 17.0 Å². The van der Waals surface area contributed by atoms with Gasteiger partial charge < -0.3 is 10.1 Å². The summed E-state index contributed by atoms with van der Waals surface area (Å²) in [4.78, 5) is 12.4. The zero-order chi connectivity index (χ0) is 17.5. The Hall–Kier alpha value is -2.40. The summed E-state index contributed by atoms with van der Waals surface area (Å²) in [5.41, 5.74) is 2.53. The lowest BCUT2D eigenvalue weighted by Gasteiger charge is -2.17. The molecule has 2 aromatic carbocycles. The minimum atomic E-state index is -0.300. The van der Waals surface area contributed by atoms with E-state index in [2.05, 4.69) is 30.5 Å². The van der Waals surface area contributed by atoms with Gasteiger partial charge in [-0.1, -0.05) is 44.2 Å². The van der Waals surface area contributed by atoms with E-state index in [1.165, 1.54) is 12.7 Å². The Bertz CT molecular complexity index is 731. The van der Waals surface area contributed by atoms with Crippen LogP contribution in [-0.4, -0.2) is 18.1 Å². The van der Waals surface area contributed by atoms with Crippen molar-refractivity contribution in [2.24, 2.45) is 0 Å². The molecule has 1 atom stereocenters. The maximum atomic E-state index is 12.4. The third kappa shape index (κ3) is 4.32. The largest absolute Gasteiger partial charge is 0.496 e. The number of rotatable bonds is 5. The third-order valence-electron chi connectivity index (χ3n) is 3.93. The quantitative estimate of drug-likeness (QED) is 0.794. The minimum absolute atomic E-state index is 0.265. The summed E-state index contributed by atoms with van der Waals surface area (Å²) in [5.74, 6) is 0.616. The van der Waals surface area contributed by atoms with Crippen LogP contribution in [0, 0.1) is 0 Å². The molecule has 2 rings (SSSR count). The number of anilines is 1. The Morgan fingerprint density at radius 1 is 1.17 bits per heavy atom. The first-order valence-corrected chi connectivity index (χ1v) is 8.31. The molecule has 1 amide bonds. The average Bonchev–Trinajstić information content (AvgIpc) is 2.61. The number of thiocarbonyl (C=S) groups is 1. The van der Waals surface area contributed by atoms with Crippen LogP contribution in [0.3, 0.4) is 0 Å². The van der Waals surface area contributed by atoms with Crippen molar-refractivity contribution in [3.63, 3.8) is 0 Å². The summed E-state index contributed by atoms with van der Waals surface area (Å²) in [6, 6.07) is 15.0. The number of amides is 1. The number of ether oxygens (including phenoxy) is 1. The van der Waals surface area contributed by atoms with Gasteiger partial charge in [0.1, 0.15) is 5.75 Å². The van der Waals surface area contributed by atoms with Gasteiger partial charge in [-0.25, -0.2) is 0 Å². The van der Waals surface area contributed by atoms with E-state index in [9.17, 15) is 4.79 Å². The molecule has 5 heteroatoms. The summed E-state index contributed by atoms with van der Waals surface area (Å²) in [5, 5.41) is 6.09. The zero-order valence-electron chi connectivity index (χ0n) is 14.1. The van der Waals surface area contributed by atoms with Crippen molar-refractivity contribution < 1.29 is 9.53 Å². The molecule has 0 radical (unpaired) electrons. The second-order valence-electron chi connectivity index (χ2n) is 5.51. The number of methoxy groups -OCH3 is 1. The Kier molecular flexibility index (Phi) is 6.32. The van der Waals surface area contributed by atoms with E-state index in [0.717, 1.165) is 12.1 Å². The number of para-hydroxylation sites is 2. The van der Waals surface area contributed by atoms with Crippen LogP contribution in [0.15, 0.2) is 48.5 Å². The van der Waals surface area contributed by atoms with E-state index in [0.29, 0.717) is 17.2 Å². The van der Waals surface area contributed by atoms with E-state index in [1.807, 2.05) is 24.3 Å². The molecule has 24 heavy (non-hydrogen) atoms. The first kappa shape index (κ1) is 17.9. The molecule has 0 aliphatic carbocycles. The lowest BCUT2D eigenvalue weighted by Crippen LogP contribution is -2.34. The van der Waals surface area contributed by atoms with Gasteiger partial charge in [0.05, 0.1) is 12.7 Å². The third-order valence-corrected chi connectivity index (χ3v) is 4.14. The molecule has 2 N–H and O–H groups in total. The summed E-state index contributed by atoms with van der Waals surface area (Å²) in [6.45, 7) is 4.31. The lowest BCUT2D eigenvalue weighted by atomic mass is 9.97. The van der Waals surface area contributed by atoms with Crippen LogP contribution in [0.1, 0.15) is 42.1 Å². The van der Waals surface area contributed by atoms with Crippen molar-refractivity contribution in [1.29, 1.82) is 0 Å². The Morgan fingerprint density at radius 2 is 1.83 bits per heavy atom. The second-order valence-corrected chi connectivity index (χ2v) is 5.91. The summed E-state index contributed by atoms with van der Waals surface area (Å²) >= 11 is 5.29. The number of benzene rings is 2. The standard InChI is InChI=1S/C19H22N2O2S/c1-4-13(2)14-9-5-7-11-16(14)20-19(24)21-18(22)15-10-6-8-12-17(15)23-3/h5-13H,4H2,1-3H3,(H2,20,21,22,24)/t13-/m0/s1. The SMILES string of the molecule is CC[C@H](C)c1ccccc1NC(=S)NC(=O)c1ccccc1OC. The molecule has 0 aliphatic rings. The summed E-state index contributed by atoms with van der Waals surface area (Å²) < 4.78 is 5.21. The fourth-order valence-electron chi connectivity index (χ4n) is 2.42. The molecule has 0 fully saturated rings. The maximum Gasteiger partial charge on any atom is 0.261 e. The Labute approximate surface area is 148 Å². The highest BCUT2D eigenvalue weighted by Crippen LogP contribution is 2.26. The van der Waals surface area contributed by atoms with Crippen molar-refractivity contribution in [1.82, 2.24) is 5.32 Å².